The summed E-state index contributed by atoms with van der Waals surface area (Å²) >= 11 is 0. The molecule has 2 fully saturated rings. The van der Waals surface area contributed by atoms with Crippen LogP contribution in [0.15, 0.2) is 0 Å². The van der Waals surface area contributed by atoms with Crippen molar-refractivity contribution in [3.05, 3.63) is 0 Å². The van der Waals surface area contributed by atoms with Crippen LogP contribution < -0.4 is 5.32 Å². The Morgan fingerprint density at radius 1 is 1.14 bits per heavy atom. The quantitative estimate of drug-likeness (QED) is 0.779. The van der Waals surface area contributed by atoms with Gasteiger partial charge in [-0.15, -0.1) is 0 Å². The van der Waals surface area contributed by atoms with Gasteiger partial charge in [0.2, 0.25) is 0 Å². The van der Waals surface area contributed by atoms with Gasteiger partial charge in [-0.1, -0.05) is 20.8 Å². The van der Waals surface area contributed by atoms with Crippen LogP contribution >= 0.6 is 0 Å². The van der Waals surface area contributed by atoms with Gasteiger partial charge in [0, 0.05) is 25.2 Å². The molecule has 0 spiro atoms. The van der Waals surface area contributed by atoms with E-state index >= 15 is 0 Å². The highest BCUT2D eigenvalue weighted by molar-refractivity contribution is 4.84. The third kappa shape index (κ3) is 5.88. The molecule has 0 aliphatic carbocycles. The van der Waals surface area contributed by atoms with Crippen molar-refractivity contribution in [2.75, 3.05) is 39.3 Å². The van der Waals surface area contributed by atoms with Gasteiger partial charge in [0.1, 0.15) is 0 Å². The van der Waals surface area contributed by atoms with E-state index < -0.39 is 0 Å². The molecule has 2 heterocycles. The SMILES string of the molecule is CCCN1CCCC(N(CC(C)C)CC2CCCN2)CC1. The van der Waals surface area contributed by atoms with Gasteiger partial charge in [0.25, 0.3) is 0 Å². The first-order chi connectivity index (χ1) is 10.2. The molecule has 2 atom stereocenters. The molecule has 3 nitrogen and oxygen atoms in total. The maximum Gasteiger partial charge on any atom is 0.0195 e. The predicted octanol–water partition coefficient (Wildman–Crippen LogP) is 2.96. The molecule has 0 aromatic carbocycles. The second-order valence-electron chi connectivity index (χ2n) is 7.57. The van der Waals surface area contributed by atoms with Crippen molar-refractivity contribution in [3.8, 4) is 0 Å². The summed E-state index contributed by atoms with van der Waals surface area (Å²) in [5.41, 5.74) is 0. The molecule has 0 radical (unpaired) electrons. The highest BCUT2D eigenvalue weighted by Crippen LogP contribution is 2.20. The summed E-state index contributed by atoms with van der Waals surface area (Å²) in [7, 11) is 0. The van der Waals surface area contributed by atoms with Gasteiger partial charge in [0.15, 0.2) is 0 Å². The van der Waals surface area contributed by atoms with Gasteiger partial charge < -0.3 is 10.2 Å². The first-order valence-electron chi connectivity index (χ1n) is 9.38. The maximum atomic E-state index is 3.69. The predicted molar refractivity (Wildman–Crippen MR) is 91.8 cm³/mol. The summed E-state index contributed by atoms with van der Waals surface area (Å²) in [5.74, 6) is 0.779. The molecule has 2 saturated heterocycles. The Bertz CT molecular complexity index is 274. The second kappa shape index (κ2) is 9.12. The Labute approximate surface area is 132 Å². The van der Waals surface area contributed by atoms with Crippen LogP contribution in [-0.2, 0) is 0 Å². The molecule has 2 aliphatic rings. The molecule has 0 aromatic heterocycles. The molecular weight excluding hydrogens is 258 g/mol. The largest absolute Gasteiger partial charge is 0.313 e. The van der Waals surface area contributed by atoms with Crippen LogP contribution in [0, 0.1) is 5.92 Å². The van der Waals surface area contributed by atoms with Crippen molar-refractivity contribution in [2.24, 2.45) is 5.92 Å². The Kier molecular flexibility index (Phi) is 7.48. The molecule has 0 bridgehead atoms. The maximum absolute atomic E-state index is 3.69. The second-order valence-corrected chi connectivity index (χ2v) is 7.57. The van der Waals surface area contributed by atoms with Gasteiger partial charge in [0.05, 0.1) is 0 Å². The summed E-state index contributed by atoms with van der Waals surface area (Å²) in [5, 5.41) is 3.69. The molecule has 0 saturated carbocycles. The van der Waals surface area contributed by atoms with E-state index in [4.69, 9.17) is 0 Å². The summed E-state index contributed by atoms with van der Waals surface area (Å²) in [6, 6.07) is 1.57. The van der Waals surface area contributed by atoms with Crippen molar-refractivity contribution in [1.82, 2.24) is 15.1 Å². The molecule has 1 N–H and O–H groups in total. The van der Waals surface area contributed by atoms with Crippen molar-refractivity contribution < 1.29 is 0 Å². The molecule has 2 rings (SSSR count). The van der Waals surface area contributed by atoms with Crippen LogP contribution in [0.1, 0.15) is 59.3 Å². The molecular formula is C18H37N3. The van der Waals surface area contributed by atoms with E-state index in [-0.39, 0.29) is 0 Å². The number of nitrogens with one attached hydrogen (secondary N) is 1. The summed E-state index contributed by atoms with van der Waals surface area (Å²) < 4.78 is 0. The third-order valence-electron chi connectivity index (χ3n) is 5.06. The van der Waals surface area contributed by atoms with Gasteiger partial charge in [-0.2, -0.15) is 0 Å². The molecule has 0 aromatic rings. The van der Waals surface area contributed by atoms with Gasteiger partial charge >= 0.3 is 0 Å². The molecule has 2 aliphatic heterocycles. The fraction of sp³-hybridized carbons (Fsp3) is 1.00. The normalized spacial score (nSPS) is 28.4. The first-order valence-corrected chi connectivity index (χ1v) is 9.38. The standard InChI is InChI=1S/C18H37N3/c1-4-11-20-12-6-8-18(9-13-20)21(14-16(2)3)15-17-7-5-10-19-17/h16-19H,4-15H2,1-3H3. The van der Waals surface area contributed by atoms with E-state index in [9.17, 15) is 0 Å². The molecule has 124 valence electrons. The van der Waals surface area contributed by atoms with E-state index in [0.29, 0.717) is 0 Å². The van der Waals surface area contributed by atoms with Crippen LogP contribution in [0.5, 0.6) is 0 Å². The topological polar surface area (TPSA) is 18.5 Å². The van der Waals surface area contributed by atoms with Gasteiger partial charge in [-0.25, -0.2) is 0 Å². The van der Waals surface area contributed by atoms with Crippen LogP contribution in [0.25, 0.3) is 0 Å². The molecule has 2 unspecified atom stereocenters. The lowest BCUT2D eigenvalue weighted by molar-refractivity contribution is 0.145. The molecule has 3 heteroatoms. The summed E-state index contributed by atoms with van der Waals surface area (Å²) in [6.45, 7) is 14.7. The smallest absolute Gasteiger partial charge is 0.0195 e. The Hall–Kier alpha value is -0.120. The number of hydrogen-bond donors (Lipinski definition) is 1. The number of nitrogens with zero attached hydrogens (tertiary/aromatic N) is 2. The van der Waals surface area contributed by atoms with Gasteiger partial charge in [-0.05, 0) is 70.6 Å². The van der Waals surface area contributed by atoms with Crippen molar-refractivity contribution >= 4 is 0 Å². The minimum Gasteiger partial charge on any atom is -0.313 e. The van der Waals surface area contributed by atoms with Crippen molar-refractivity contribution in [2.45, 2.75) is 71.4 Å². The zero-order chi connectivity index (χ0) is 15.1. The lowest BCUT2D eigenvalue weighted by Gasteiger charge is -2.34. The van der Waals surface area contributed by atoms with Crippen molar-refractivity contribution in [1.29, 1.82) is 0 Å². The average molecular weight is 296 g/mol. The number of rotatable bonds is 7. The van der Waals surface area contributed by atoms with E-state index in [2.05, 4.69) is 35.9 Å². The lowest BCUT2D eigenvalue weighted by Crippen LogP contribution is -2.45. The first kappa shape index (κ1) is 17.2. The highest BCUT2D eigenvalue weighted by Gasteiger charge is 2.26. The number of likely N-dealkylation sites (tertiary alicyclic amines) is 1. The van der Waals surface area contributed by atoms with Crippen LogP contribution in [-0.4, -0.2) is 61.2 Å². The van der Waals surface area contributed by atoms with Crippen molar-refractivity contribution in [3.63, 3.8) is 0 Å². The Morgan fingerprint density at radius 3 is 2.67 bits per heavy atom. The van der Waals surface area contributed by atoms with E-state index in [1.54, 1.807) is 0 Å². The molecule has 21 heavy (non-hydrogen) atoms. The Balaban J connectivity index is 1.88. The highest BCUT2D eigenvalue weighted by atomic mass is 15.2. The van der Waals surface area contributed by atoms with E-state index in [1.807, 2.05) is 0 Å². The molecule has 0 amide bonds. The summed E-state index contributed by atoms with van der Waals surface area (Å²) in [4.78, 5) is 5.50. The Morgan fingerprint density at radius 2 is 2.00 bits per heavy atom. The zero-order valence-corrected chi connectivity index (χ0v) is 14.6. The third-order valence-corrected chi connectivity index (χ3v) is 5.06. The minimum atomic E-state index is 0.749. The minimum absolute atomic E-state index is 0.749. The number of hydrogen-bond acceptors (Lipinski definition) is 3. The monoisotopic (exact) mass is 295 g/mol. The lowest BCUT2D eigenvalue weighted by atomic mass is 10.0. The van der Waals surface area contributed by atoms with Crippen LogP contribution in [0.2, 0.25) is 0 Å². The van der Waals surface area contributed by atoms with E-state index in [0.717, 1.165) is 18.0 Å². The van der Waals surface area contributed by atoms with E-state index in [1.165, 1.54) is 77.8 Å². The van der Waals surface area contributed by atoms with Gasteiger partial charge in [-0.3, -0.25) is 4.90 Å². The summed E-state index contributed by atoms with van der Waals surface area (Å²) in [6.07, 6.45) is 8.21. The fourth-order valence-electron chi connectivity index (χ4n) is 4.08. The van der Waals surface area contributed by atoms with Crippen LogP contribution in [0.4, 0.5) is 0 Å². The average Bonchev–Trinajstić information content (AvgIpc) is 2.83. The van der Waals surface area contributed by atoms with Crippen LogP contribution in [0.3, 0.4) is 0 Å². The fourth-order valence-corrected chi connectivity index (χ4v) is 4.08. The zero-order valence-electron chi connectivity index (χ0n) is 14.6.